The zero-order valence-corrected chi connectivity index (χ0v) is 18.3. The van der Waals surface area contributed by atoms with E-state index in [4.69, 9.17) is 14.2 Å². The van der Waals surface area contributed by atoms with E-state index in [2.05, 4.69) is 20.8 Å². The van der Waals surface area contributed by atoms with Gasteiger partial charge in [-0.15, -0.1) is 0 Å². The predicted octanol–water partition coefficient (Wildman–Crippen LogP) is 3.72. The highest BCUT2D eigenvalue weighted by molar-refractivity contribution is 5.97. The van der Waals surface area contributed by atoms with Crippen molar-refractivity contribution in [2.45, 2.75) is 91.5 Å². The van der Waals surface area contributed by atoms with Gasteiger partial charge < -0.3 is 14.2 Å². The van der Waals surface area contributed by atoms with Crippen LogP contribution in [-0.2, 0) is 28.6 Å². The van der Waals surface area contributed by atoms with Crippen molar-refractivity contribution < 1.29 is 28.6 Å². The van der Waals surface area contributed by atoms with Crippen molar-refractivity contribution in [2.75, 3.05) is 0 Å². The fourth-order valence-corrected chi connectivity index (χ4v) is 6.63. The Bertz CT molecular complexity index is 810. The predicted molar refractivity (Wildman–Crippen MR) is 105 cm³/mol. The summed E-state index contributed by atoms with van der Waals surface area (Å²) in [5.41, 5.74) is -0.942. The van der Waals surface area contributed by atoms with Gasteiger partial charge in [0, 0.05) is 36.5 Å². The van der Waals surface area contributed by atoms with Crippen molar-refractivity contribution in [3.05, 3.63) is 11.5 Å². The molecule has 0 bridgehead atoms. The first-order valence-electron chi connectivity index (χ1n) is 10.7. The number of rotatable bonds is 1. The minimum atomic E-state index is -0.644. The Morgan fingerprint density at radius 1 is 1.07 bits per heavy atom. The van der Waals surface area contributed by atoms with E-state index in [1.54, 1.807) is 0 Å². The molecule has 0 radical (unpaired) electrons. The molecule has 0 amide bonds. The summed E-state index contributed by atoms with van der Waals surface area (Å²) in [7, 11) is 0. The van der Waals surface area contributed by atoms with Crippen LogP contribution in [0.1, 0.15) is 73.6 Å². The van der Waals surface area contributed by atoms with E-state index < -0.39 is 17.1 Å². The van der Waals surface area contributed by atoms with Crippen molar-refractivity contribution in [3.63, 3.8) is 0 Å². The molecule has 2 saturated carbocycles. The third kappa shape index (κ3) is 2.85. The molecule has 0 aromatic rings. The first-order valence-corrected chi connectivity index (χ1v) is 10.7. The van der Waals surface area contributed by atoms with Gasteiger partial charge in [-0.3, -0.25) is 14.4 Å². The van der Waals surface area contributed by atoms with Gasteiger partial charge in [0.05, 0.1) is 5.57 Å². The van der Waals surface area contributed by atoms with Gasteiger partial charge in [0.15, 0.2) is 5.78 Å². The normalized spacial score (nSPS) is 43.4. The molecular weight excluding hydrogens is 372 g/mol. The molecule has 2 aliphatic heterocycles. The second-order valence-electron chi connectivity index (χ2n) is 10.4. The number of allylic oxidation sites excluding steroid dienone is 1. The van der Waals surface area contributed by atoms with Crippen LogP contribution < -0.4 is 0 Å². The van der Waals surface area contributed by atoms with E-state index in [-0.39, 0.29) is 47.3 Å². The number of esters is 1. The minimum absolute atomic E-state index is 0.0444. The monoisotopic (exact) mass is 404 g/mol. The van der Waals surface area contributed by atoms with E-state index in [9.17, 15) is 14.4 Å². The molecule has 6 heteroatoms. The van der Waals surface area contributed by atoms with Crippen molar-refractivity contribution in [1.29, 1.82) is 0 Å². The highest BCUT2D eigenvalue weighted by Crippen LogP contribution is 2.64. The number of ketones is 2. The van der Waals surface area contributed by atoms with Crippen LogP contribution in [0.4, 0.5) is 0 Å². The Kier molecular flexibility index (Phi) is 4.45. The maximum Gasteiger partial charge on any atom is 0.302 e. The van der Waals surface area contributed by atoms with Crippen molar-refractivity contribution >= 4 is 17.5 Å². The minimum Gasteiger partial charge on any atom is -0.462 e. The van der Waals surface area contributed by atoms with Crippen LogP contribution in [0.3, 0.4) is 0 Å². The van der Waals surface area contributed by atoms with Crippen LogP contribution in [0.15, 0.2) is 11.5 Å². The molecular formula is C23H32O6. The van der Waals surface area contributed by atoms with Crippen molar-refractivity contribution in [1.82, 2.24) is 0 Å². The lowest BCUT2D eigenvalue weighted by Gasteiger charge is -2.63. The summed E-state index contributed by atoms with van der Waals surface area (Å²) in [6.45, 7) is 11.6. The van der Waals surface area contributed by atoms with Crippen molar-refractivity contribution in [3.8, 4) is 0 Å². The molecule has 4 aliphatic rings. The summed E-state index contributed by atoms with van der Waals surface area (Å²) in [6.07, 6.45) is 2.02. The summed E-state index contributed by atoms with van der Waals surface area (Å²) >= 11 is 0. The lowest BCUT2D eigenvalue weighted by atomic mass is 9.43. The molecule has 0 unspecified atom stereocenters. The number of Topliss-reactive ketones (excluding diaryl/α,β-unsaturated/α-hetero) is 2. The van der Waals surface area contributed by atoms with Crippen LogP contribution in [0.5, 0.6) is 0 Å². The third-order valence-corrected chi connectivity index (χ3v) is 8.22. The number of fused-ring (bicyclic) bond motifs is 3. The van der Waals surface area contributed by atoms with Gasteiger partial charge in [-0.05, 0) is 39.0 Å². The van der Waals surface area contributed by atoms with E-state index >= 15 is 0 Å². The number of hydrogen-bond donors (Lipinski definition) is 0. The Labute approximate surface area is 172 Å². The quantitative estimate of drug-likeness (QED) is 0.620. The number of ether oxygens (including phenoxy) is 3. The molecule has 2 fully saturated rings. The summed E-state index contributed by atoms with van der Waals surface area (Å²) < 4.78 is 17.8. The highest BCUT2D eigenvalue weighted by atomic mass is 16.7. The SMILES string of the molecule is CC(=O)O[C@@H]1CC(=O)[C@@]2(C)[C@@H](CC[C@]3(C)OC4=C(C[C@@H]23)C(=O)C[C@@H](C)O4)C1(C)C. The topological polar surface area (TPSA) is 78.9 Å². The molecule has 0 saturated heterocycles. The van der Waals surface area contributed by atoms with Crippen LogP contribution in [0.2, 0.25) is 0 Å². The lowest BCUT2D eigenvalue weighted by Crippen LogP contribution is -2.66. The van der Waals surface area contributed by atoms with Gasteiger partial charge in [-0.25, -0.2) is 0 Å². The summed E-state index contributed by atoms with van der Waals surface area (Å²) in [5.74, 6) is 0.118. The Hall–Kier alpha value is -1.85. The molecule has 29 heavy (non-hydrogen) atoms. The smallest absolute Gasteiger partial charge is 0.302 e. The van der Waals surface area contributed by atoms with Gasteiger partial charge in [-0.2, -0.15) is 0 Å². The average molecular weight is 405 g/mol. The molecule has 4 rings (SSSR count). The first kappa shape index (κ1) is 20.4. The van der Waals surface area contributed by atoms with Gasteiger partial charge in [0.2, 0.25) is 0 Å². The van der Waals surface area contributed by atoms with Crippen LogP contribution in [-0.4, -0.2) is 35.3 Å². The highest BCUT2D eigenvalue weighted by Gasteiger charge is 2.67. The Morgan fingerprint density at radius 2 is 1.76 bits per heavy atom. The molecule has 6 atom stereocenters. The average Bonchev–Trinajstić information content (AvgIpc) is 2.57. The number of carbonyl (C=O) groups is 3. The summed E-state index contributed by atoms with van der Waals surface area (Å²) in [4.78, 5) is 37.9. The van der Waals surface area contributed by atoms with E-state index in [0.29, 0.717) is 24.4 Å². The third-order valence-electron chi connectivity index (χ3n) is 8.22. The first-order chi connectivity index (χ1) is 13.4. The zero-order valence-electron chi connectivity index (χ0n) is 18.3. The molecule has 6 nitrogen and oxygen atoms in total. The van der Waals surface area contributed by atoms with Crippen LogP contribution >= 0.6 is 0 Å². The second kappa shape index (κ2) is 6.32. The van der Waals surface area contributed by atoms with Gasteiger partial charge in [0.1, 0.15) is 23.6 Å². The molecule has 2 heterocycles. The summed E-state index contributed by atoms with van der Waals surface area (Å²) in [5, 5.41) is 0. The fraction of sp³-hybridized carbons (Fsp3) is 0.783. The van der Waals surface area contributed by atoms with Crippen LogP contribution in [0.25, 0.3) is 0 Å². The number of carbonyl (C=O) groups excluding carboxylic acids is 3. The zero-order chi connectivity index (χ0) is 21.4. The van der Waals surface area contributed by atoms with Gasteiger partial charge in [0.25, 0.3) is 5.95 Å². The van der Waals surface area contributed by atoms with Gasteiger partial charge >= 0.3 is 5.97 Å². The standard InChI is InChI=1S/C23H32O6/c1-12-9-15(25)14-10-17-22(5,29-20(14)27-12)8-7-16-21(3,4)19(28-13(2)24)11-18(26)23(16,17)6/h12,16-17,19H,7-11H2,1-6H3/t12-,16+,17-,19-,22+,23+/m1/s1. The number of hydrogen-bond acceptors (Lipinski definition) is 6. The van der Waals surface area contributed by atoms with E-state index in [1.807, 2.05) is 13.8 Å². The Morgan fingerprint density at radius 3 is 2.41 bits per heavy atom. The maximum absolute atomic E-state index is 13.5. The molecule has 0 aromatic carbocycles. The van der Waals surface area contributed by atoms with Gasteiger partial charge in [-0.1, -0.05) is 20.8 Å². The maximum atomic E-state index is 13.5. The molecule has 160 valence electrons. The lowest BCUT2D eigenvalue weighted by molar-refractivity contribution is -0.224. The largest absolute Gasteiger partial charge is 0.462 e. The molecule has 2 aliphatic carbocycles. The van der Waals surface area contributed by atoms with Crippen LogP contribution in [0, 0.1) is 22.7 Å². The van der Waals surface area contributed by atoms with Crippen molar-refractivity contribution in [2.24, 2.45) is 22.7 Å². The second-order valence-corrected chi connectivity index (χ2v) is 10.4. The molecule has 0 spiro atoms. The van der Waals surface area contributed by atoms with E-state index in [0.717, 1.165) is 12.8 Å². The molecule has 0 N–H and O–H groups in total. The van der Waals surface area contributed by atoms with E-state index in [1.165, 1.54) is 6.92 Å². The molecule has 0 aromatic heterocycles. The summed E-state index contributed by atoms with van der Waals surface area (Å²) in [6, 6.07) is 0. The fourth-order valence-electron chi connectivity index (χ4n) is 6.63. The Balaban J connectivity index is 1.74.